The van der Waals surface area contributed by atoms with Gasteiger partial charge in [-0.3, -0.25) is 4.98 Å². The molecule has 15 heavy (non-hydrogen) atoms. The monoisotopic (exact) mass is 200 g/mol. The van der Waals surface area contributed by atoms with Crippen molar-refractivity contribution < 1.29 is 0 Å². The van der Waals surface area contributed by atoms with Crippen molar-refractivity contribution in [1.82, 2.24) is 9.97 Å². The van der Waals surface area contributed by atoms with Gasteiger partial charge in [-0.15, -0.1) is 0 Å². The first-order valence-electron chi connectivity index (χ1n) is 4.69. The molecule has 0 aliphatic carbocycles. The molecule has 0 saturated carbocycles. The molecule has 2 aromatic heterocycles. The van der Waals surface area contributed by atoms with Gasteiger partial charge in [0.05, 0.1) is 11.9 Å². The van der Waals surface area contributed by atoms with Crippen LogP contribution in [0.25, 0.3) is 0 Å². The average molecular weight is 200 g/mol. The van der Waals surface area contributed by atoms with Crippen LogP contribution in [0.5, 0.6) is 0 Å². The Kier molecular flexibility index (Phi) is 2.78. The number of nitrogen functional groups attached to an aromatic ring is 1. The summed E-state index contributed by atoms with van der Waals surface area (Å²) in [4.78, 5) is 7.95. The molecule has 4 heteroatoms. The van der Waals surface area contributed by atoms with Gasteiger partial charge in [0.2, 0.25) is 0 Å². The predicted octanol–water partition coefficient (Wildman–Crippen LogP) is 1.67. The number of pyridine rings is 2. The van der Waals surface area contributed by atoms with E-state index in [-0.39, 0.29) is 0 Å². The van der Waals surface area contributed by atoms with E-state index in [1.807, 2.05) is 18.2 Å². The molecule has 2 heterocycles. The number of rotatable bonds is 3. The smallest absolute Gasteiger partial charge is 0.123 e. The van der Waals surface area contributed by atoms with Crippen LogP contribution in [0.2, 0.25) is 0 Å². The van der Waals surface area contributed by atoms with Crippen molar-refractivity contribution >= 4 is 11.5 Å². The number of nitrogens with two attached hydrogens (primary N) is 1. The Hall–Kier alpha value is -2.10. The van der Waals surface area contributed by atoms with Crippen LogP contribution >= 0.6 is 0 Å². The first kappa shape index (κ1) is 9.45. The molecule has 0 atom stereocenters. The number of aromatic nitrogens is 2. The summed E-state index contributed by atoms with van der Waals surface area (Å²) >= 11 is 0. The largest absolute Gasteiger partial charge is 0.384 e. The lowest BCUT2D eigenvalue weighted by atomic mass is 10.2. The topological polar surface area (TPSA) is 63.8 Å². The highest BCUT2D eigenvalue weighted by Gasteiger charge is 1.93. The van der Waals surface area contributed by atoms with Gasteiger partial charge in [-0.05, 0) is 29.8 Å². The number of hydrogen-bond donors (Lipinski definition) is 2. The molecule has 0 spiro atoms. The van der Waals surface area contributed by atoms with Crippen molar-refractivity contribution in [1.29, 1.82) is 0 Å². The van der Waals surface area contributed by atoms with Crippen molar-refractivity contribution in [3.63, 3.8) is 0 Å². The summed E-state index contributed by atoms with van der Waals surface area (Å²) in [6.07, 6.45) is 5.27. The summed E-state index contributed by atoms with van der Waals surface area (Å²) in [5, 5.41) is 3.24. The molecule has 0 aromatic carbocycles. The molecular weight excluding hydrogens is 188 g/mol. The maximum Gasteiger partial charge on any atom is 0.123 e. The minimum Gasteiger partial charge on any atom is -0.384 e. The highest BCUT2D eigenvalue weighted by molar-refractivity contribution is 5.45. The van der Waals surface area contributed by atoms with Gasteiger partial charge >= 0.3 is 0 Å². The summed E-state index contributed by atoms with van der Waals surface area (Å²) in [5.41, 5.74) is 7.63. The fourth-order valence-electron chi connectivity index (χ4n) is 1.21. The Labute approximate surface area is 88.2 Å². The van der Waals surface area contributed by atoms with Gasteiger partial charge in [0.25, 0.3) is 0 Å². The molecule has 2 aromatic rings. The molecule has 2 rings (SSSR count). The zero-order chi connectivity index (χ0) is 10.5. The Morgan fingerprint density at radius 2 is 1.93 bits per heavy atom. The molecule has 0 aliphatic rings. The number of hydrogen-bond acceptors (Lipinski definition) is 4. The van der Waals surface area contributed by atoms with E-state index in [0.717, 1.165) is 12.2 Å². The van der Waals surface area contributed by atoms with Crippen LogP contribution in [0.3, 0.4) is 0 Å². The molecule has 4 nitrogen and oxygen atoms in total. The third-order valence-electron chi connectivity index (χ3n) is 2.03. The zero-order valence-corrected chi connectivity index (χ0v) is 8.22. The normalized spacial score (nSPS) is 9.87. The van der Waals surface area contributed by atoms with Crippen LogP contribution in [0.1, 0.15) is 5.56 Å². The van der Waals surface area contributed by atoms with Gasteiger partial charge in [0.1, 0.15) is 5.82 Å². The van der Waals surface area contributed by atoms with Crippen molar-refractivity contribution in [3.05, 3.63) is 48.4 Å². The van der Waals surface area contributed by atoms with Crippen LogP contribution in [0.15, 0.2) is 42.9 Å². The Morgan fingerprint density at radius 1 is 1.13 bits per heavy atom. The summed E-state index contributed by atoms with van der Waals surface area (Å²) in [5.74, 6) is 0.532. The van der Waals surface area contributed by atoms with E-state index in [0.29, 0.717) is 5.82 Å². The summed E-state index contributed by atoms with van der Waals surface area (Å²) in [6, 6.07) is 7.62. The lowest BCUT2D eigenvalue weighted by Gasteiger charge is -2.05. The zero-order valence-electron chi connectivity index (χ0n) is 8.22. The molecule has 0 unspecified atom stereocenters. The van der Waals surface area contributed by atoms with Gasteiger partial charge in [-0.25, -0.2) is 4.98 Å². The van der Waals surface area contributed by atoms with Gasteiger partial charge in [-0.1, -0.05) is 0 Å². The Morgan fingerprint density at radius 3 is 2.60 bits per heavy atom. The molecule has 76 valence electrons. The highest BCUT2D eigenvalue weighted by atomic mass is 14.9. The predicted molar refractivity (Wildman–Crippen MR) is 60.2 cm³/mol. The first-order valence-corrected chi connectivity index (χ1v) is 4.69. The van der Waals surface area contributed by atoms with Crippen molar-refractivity contribution in [2.45, 2.75) is 6.54 Å². The highest BCUT2D eigenvalue weighted by Crippen LogP contribution is 2.08. The van der Waals surface area contributed by atoms with Crippen LogP contribution in [-0.2, 0) is 6.54 Å². The second kappa shape index (κ2) is 4.41. The average Bonchev–Trinajstić information content (AvgIpc) is 2.30. The summed E-state index contributed by atoms with van der Waals surface area (Å²) in [7, 11) is 0. The quantitative estimate of drug-likeness (QED) is 0.791. The fourth-order valence-corrected chi connectivity index (χ4v) is 1.21. The van der Waals surface area contributed by atoms with E-state index >= 15 is 0 Å². The molecular formula is C11H12N4. The van der Waals surface area contributed by atoms with Crippen LogP contribution in [0, 0.1) is 0 Å². The summed E-state index contributed by atoms with van der Waals surface area (Å²) < 4.78 is 0. The first-order chi connectivity index (χ1) is 7.34. The maximum atomic E-state index is 5.49. The fraction of sp³-hybridized carbons (Fsp3) is 0.0909. The third-order valence-corrected chi connectivity index (χ3v) is 2.03. The molecule has 0 aliphatic heterocycles. The van der Waals surface area contributed by atoms with Crippen LogP contribution < -0.4 is 11.1 Å². The van der Waals surface area contributed by atoms with Crippen molar-refractivity contribution in [3.8, 4) is 0 Å². The number of nitrogens with zero attached hydrogens (tertiary/aromatic N) is 2. The lowest BCUT2D eigenvalue weighted by molar-refractivity contribution is 1.12. The Bertz CT molecular complexity index is 410. The van der Waals surface area contributed by atoms with Crippen molar-refractivity contribution in [2.75, 3.05) is 11.1 Å². The number of nitrogens with one attached hydrogen (secondary N) is 1. The SMILES string of the molecule is Nc1ccc(NCc2ccncc2)cn1. The molecule has 0 radical (unpaired) electrons. The van der Waals surface area contributed by atoms with E-state index in [9.17, 15) is 0 Å². The van der Waals surface area contributed by atoms with E-state index in [1.54, 1.807) is 24.7 Å². The van der Waals surface area contributed by atoms with E-state index in [1.165, 1.54) is 5.56 Å². The molecule has 0 amide bonds. The van der Waals surface area contributed by atoms with Crippen LogP contribution in [0.4, 0.5) is 11.5 Å². The van der Waals surface area contributed by atoms with Gasteiger partial charge in [0, 0.05) is 18.9 Å². The minimum absolute atomic E-state index is 0.532. The standard InChI is InChI=1S/C11H12N4/c12-11-2-1-10(8-15-11)14-7-9-3-5-13-6-4-9/h1-6,8,14H,7H2,(H2,12,15). The number of anilines is 2. The van der Waals surface area contributed by atoms with Gasteiger partial charge in [0.15, 0.2) is 0 Å². The van der Waals surface area contributed by atoms with Crippen LogP contribution in [-0.4, -0.2) is 9.97 Å². The van der Waals surface area contributed by atoms with E-state index < -0.39 is 0 Å². The van der Waals surface area contributed by atoms with E-state index in [2.05, 4.69) is 15.3 Å². The second-order valence-corrected chi connectivity index (χ2v) is 3.18. The van der Waals surface area contributed by atoms with Crippen molar-refractivity contribution in [2.24, 2.45) is 0 Å². The van der Waals surface area contributed by atoms with Gasteiger partial charge < -0.3 is 11.1 Å². The third kappa shape index (κ3) is 2.67. The maximum absolute atomic E-state index is 5.49. The molecule has 0 bridgehead atoms. The molecule has 3 N–H and O–H groups in total. The Balaban J connectivity index is 1.96. The second-order valence-electron chi connectivity index (χ2n) is 3.18. The lowest BCUT2D eigenvalue weighted by Crippen LogP contribution is -2.00. The molecule has 0 saturated heterocycles. The van der Waals surface area contributed by atoms with Gasteiger partial charge in [-0.2, -0.15) is 0 Å². The van der Waals surface area contributed by atoms with E-state index in [4.69, 9.17) is 5.73 Å². The summed E-state index contributed by atoms with van der Waals surface area (Å²) in [6.45, 7) is 0.758. The minimum atomic E-state index is 0.532. The molecule has 0 fully saturated rings.